The molecule has 0 saturated carbocycles. The Morgan fingerprint density at radius 2 is 2.14 bits per heavy atom. The van der Waals surface area contributed by atoms with E-state index in [1.807, 2.05) is 36.9 Å². The van der Waals surface area contributed by atoms with Crippen molar-refractivity contribution in [1.29, 1.82) is 0 Å². The number of benzene rings is 1. The molecular weight excluding hydrogens is 268 g/mol. The Kier molecular flexibility index (Phi) is 4.93. The number of hydrogen-bond acceptors (Lipinski definition) is 4. The third-order valence-electron chi connectivity index (χ3n) is 3.82. The van der Waals surface area contributed by atoms with Gasteiger partial charge in [-0.1, -0.05) is 6.07 Å². The molecule has 1 unspecified atom stereocenters. The lowest BCUT2D eigenvalue weighted by molar-refractivity contribution is -0.125. The van der Waals surface area contributed by atoms with E-state index in [4.69, 9.17) is 5.73 Å². The van der Waals surface area contributed by atoms with Crippen molar-refractivity contribution < 1.29 is 9.59 Å². The molecule has 1 aliphatic heterocycles. The van der Waals surface area contributed by atoms with Gasteiger partial charge in [-0.2, -0.15) is 0 Å². The van der Waals surface area contributed by atoms with E-state index < -0.39 is 11.9 Å². The van der Waals surface area contributed by atoms with Crippen LogP contribution in [0.5, 0.6) is 0 Å². The zero-order valence-corrected chi connectivity index (χ0v) is 12.5. The molecule has 6 heteroatoms. The van der Waals surface area contributed by atoms with Crippen LogP contribution < -0.4 is 16.4 Å². The van der Waals surface area contributed by atoms with Crippen LogP contribution in [0.3, 0.4) is 0 Å². The lowest BCUT2D eigenvalue weighted by Gasteiger charge is -2.33. The van der Waals surface area contributed by atoms with Crippen LogP contribution in [0.4, 0.5) is 5.69 Å². The molecule has 4 N–H and O–H groups in total. The predicted octanol–water partition coefficient (Wildman–Crippen LogP) is 0.00104. The summed E-state index contributed by atoms with van der Waals surface area (Å²) in [4.78, 5) is 25.3. The third kappa shape index (κ3) is 4.03. The second kappa shape index (κ2) is 6.69. The zero-order valence-electron chi connectivity index (χ0n) is 12.5. The summed E-state index contributed by atoms with van der Waals surface area (Å²) in [5.41, 5.74) is 8.46. The standard InChI is InChI=1S/C15H22N4O2/c1-10-3-4-12(7-11(10)2)18-14(20)9-19-6-5-17-8-13(19)15(16)21/h3-4,7,13,17H,5-6,8-9H2,1-2H3,(H2,16,21)(H,18,20). The summed E-state index contributed by atoms with van der Waals surface area (Å²) in [5.74, 6) is -0.535. The first-order valence-corrected chi connectivity index (χ1v) is 7.08. The van der Waals surface area contributed by atoms with Gasteiger partial charge >= 0.3 is 0 Å². The largest absolute Gasteiger partial charge is 0.368 e. The van der Waals surface area contributed by atoms with Crippen molar-refractivity contribution in [3.63, 3.8) is 0 Å². The second-order valence-corrected chi connectivity index (χ2v) is 5.44. The van der Waals surface area contributed by atoms with E-state index in [1.165, 1.54) is 5.56 Å². The summed E-state index contributed by atoms with van der Waals surface area (Å²) in [6.07, 6.45) is 0. The van der Waals surface area contributed by atoms with Crippen LogP contribution in [0.25, 0.3) is 0 Å². The van der Waals surface area contributed by atoms with Crippen molar-refractivity contribution in [3.8, 4) is 0 Å². The number of carbonyl (C=O) groups excluding carboxylic acids is 2. The smallest absolute Gasteiger partial charge is 0.238 e. The first-order chi connectivity index (χ1) is 9.97. The summed E-state index contributed by atoms with van der Waals surface area (Å²) < 4.78 is 0. The number of hydrogen-bond donors (Lipinski definition) is 3. The van der Waals surface area contributed by atoms with Crippen LogP contribution in [0.15, 0.2) is 18.2 Å². The van der Waals surface area contributed by atoms with E-state index in [2.05, 4.69) is 10.6 Å². The molecule has 0 aromatic heterocycles. The van der Waals surface area contributed by atoms with E-state index in [9.17, 15) is 9.59 Å². The topological polar surface area (TPSA) is 87.5 Å². The number of carbonyl (C=O) groups is 2. The first-order valence-electron chi connectivity index (χ1n) is 7.08. The maximum Gasteiger partial charge on any atom is 0.238 e. The van der Waals surface area contributed by atoms with Gasteiger partial charge in [-0.05, 0) is 37.1 Å². The Bertz CT molecular complexity index is 544. The summed E-state index contributed by atoms with van der Waals surface area (Å²) in [6, 6.07) is 5.37. The van der Waals surface area contributed by atoms with E-state index in [-0.39, 0.29) is 12.5 Å². The van der Waals surface area contributed by atoms with Crippen molar-refractivity contribution in [2.24, 2.45) is 5.73 Å². The number of piperazine rings is 1. The van der Waals surface area contributed by atoms with Crippen LogP contribution in [0, 0.1) is 13.8 Å². The van der Waals surface area contributed by atoms with Gasteiger partial charge in [0.05, 0.1) is 6.54 Å². The SMILES string of the molecule is Cc1ccc(NC(=O)CN2CCNCC2C(N)=O)cc1C. The molecule has 1 fully saturated rings. The highest BCUT2D eigenvalue weighted by atomic mass is 16.2. The number of aryl methyl sites for hydroxylation is 2. The quantitative estimate of drug-likeness (QED) is 0.728. The molecule has 114 valence electrons. The first kappa shape index (κ1) is 15.5. The lowest BCUT2D eigenvalue weighted by atomic mass is 10.1. The molecule has 1 aromatic carbocycles. The Morgan fingerprint density at radius 1 is 1.38 bits per heavy atom. The van der Waals surface area contributed by atoms with Gasteiger partial charge < -0.3 is 16.4 Å². The Hall–Kier alpha value is -1.92. The number of amides is 2. The van der Waals surface area contributed by atoms with Gasteiger partial charge in [-0.3, -0.25) is 14.5 Å². The molecule has 0 bridgehead atoms. The highest BCUT2D eigenvalue weighted by Crippen LogP contribution is 2.14. The summed E-state index contributed by atoms with van der Waals surface area (Å²) >= 11 is 0. The molecule has 0 aliphatic carbocycles. The van der Waals surface area contributed by atoms with Gasteiger partial charge in [0.15, 0.2) is 0 Å². The molecule has 0 spiro atoms. The number of nitrogens with zero attached hydrogens (tertiary/aromatic N) is 1. The minimum Gasteiger partial charge on any atom is -0.368 e. The van der Waals surface area contributed by atoms with Crippen LogP contribution >= 0.6 is 0 Å². The maximum absolute atomic E-state index is 12.1. The van der Waals surface area contributed by atoms with Gasteiger partial charge in [-0.15, -0.1) is 0 Å². The second-order valence-electron chi connectivity index (χ2n) is 5.44. The van der Waals surface area contributed by atoms with Crippen molar-refractivity contribution >= 4 is 17.5 Å². The number of rotatable bonds is 4. The van der Waals surface area contributed by atoms with Gasteiger partial charge in [0.2, 0.25) is 11.8 Å². The normalized spacial score (nSPS) is 19.2. The Labute approximate surface area is 124 Å². The zero-order chi connectivity index (χ0) is 15.4. The highest BCUT2D eigenvalue weighted by molar-refractivity contribution is 5.93. The van der Waals surface area contributed by atoms with Gasteiger partial charge in [0.25, 0.3) is 0 Å². The van der Waals surface area contributed by atoms with Crippen LogP contribution in [-0.2, 0) is 9.59 Å². The number of nitrogens with one attached hydrogen (secondary N) is 2. The Balaban J connectivity index is 1.97. The molecule has 0 radical (unpaired) electrons. The molecule has 1 saturated heterocycles. The van der Waals surface area contributed by atoms with E-state index in [0.29, 0.717) is 13.1 Å². The lowest BCUT2D eigenvalue weighted by Crippen LogP contribution is -2.58. The van der Waals surface area contributed by atoms with Crippen molar-refractivity contribution in [2.75, 3.05) is 31.5 Å². The third-order valence-corrected chi connectivity index (χ3v) is 3.82. The minimum absolute atomic E-state index is 0.133. The monoisotopic (exact) mass is 290 g/mol. The minimum atomic E-state index is -0.427. The molecule has 21 heavy (non-hydrogen) atoms. The van der Waals surface area contributed by atoms with Crippen molar-refractivity contribution in [1.82, 2.24) is 10.2 Å². The number of nitrogens with two attached hydrogens (primary N) is 1. The fourth-order valence-corrected chi connectivity index (χ4v) is 2.42. The van der Waals surface area contributed by atoms with Crippen LogP contribution in [0.2, 0.25) is 0 Å². The number of anilines is 1. The molecule has 2 amide bonds. The van der Waals surface area contributed by atoms with Gasteiger partial charge in [-0.25, -0.2) is 0 Å². The van der Waals surface area contributed by atoms with E-state index >= 15 is 0 Å². The van der Waals surface area contributed by atoms with Gasteiger partial charge in [0, 0.05) is 25.3 Å². The van der Waals surface area contributed by atoms with Crippen LogP contribution in [-0.4, -0.2) is 48.9 Å². The molecule has 2 rings (SSSR count). The fraction of sp³-hybridized carbons (Fsp3) is 0.467. The fourth-order valence-electron chi connectivity index (χ4n) is 2.42. The van der Waals surface area contributed by atoms with Crippen LogP contribution in [0.1, 0.15) is 11.1 Å². The molecule has 1 heterocycles. The van der Waals surface area contributed by atoms with Crippen molar-refractivity contribution in [2.45, 2.75) is 19.9 Å². The van der Waals surface area contributed by atoms with Crippen molar-refractivity contribution in [3.05, 3.63) is 29.3 Å². The number of primary amides is 1. The molecule has 1 atom stereocenters. The molecule has 6 nitrogen and oxygen atoms in total. The molecule has 1 aliphatic rings. The molecular formula is C15H22N4O2. The average Bonchev–Trinajstić information content (AvgIpc) is 2.43. The average molecular weight is 290 g/mol. The highest BCUT2D eigenvalue weighted by Gasteiger charge is 2.28. The molecule has 1 aromatic rings. The Morgan fingerprint density at radius 3 is 2.81 bits per heavy atom. The van der Waals surface area contributed by atoms with E-state index in [1.54, 1.807) is 0 Å². The summed E-state index contributed by atoms with van der Waals surface area (Å²) in [7, 11) is 0. The van der Waals surface area contributed by atoms with E-state index in [0.717, 1.165) is 17.8 Å². The summed E-state index contributed by atoms with van der Waals surface area (Å²) in [5, 5.41) is 5.97. The van der Waals surface area contributed by atoms with Gasteiger partial charge in [0.1, 0.15) is 6.04 Å². The maximum atomic E-state index is 12.1. The predicted molar refractivity (Wildman–Crippen MR) is 82.0 cm³/mol. The summed E-state index contributed by atoms with van der Waals surface area (Å²) in [6.45, 7) is 6.08.